The lowest BCUT2D eigenvalue weighted by molar-refractivity contribution is 0.0951. The van der Waals surface area contributed by atoms with Crippen molar-refractivity contribution in [2.45, 2.75) is 34.1 Å². The molecule has 0 saturated carbocycles. The van der Waals surface area contributed by atoms with Crippen LogP contribution in [0.5, 0.6) is 0 Å². The predicted octanol–water partition coefficient (Wildman–Crippen LogP) is 2.47. The van der Waals surface area contributed by atoms with Gasteiger partial charge in [-0.05, 0) is 37.8 Å². The molecule has 0 fully saturated rings. The third-order valence-corrected chi connectivity index (χ3v) is 2.71. The van der Waals surface area contributed by atoms with E-state index in [2.05, 4.69) is 24.1 Å². The Kier molecular flexibility index (Phi) is 4.47. The van der Waals surface area contributed by atoms with Gasteiger partial charge in [0, 0.05) is 24.0 Å². The molecule has 0 aromatic carbocycles. The first kappa shape index (κ1) is 12.7. The predicted molar refractivity (Wildman–Crippen MR) is 65.5 cm³/mol. The van der Waals surface area contributed by atoms with Crippen molar-refractivity contribution >= 4 is 5.91 Å². The van der Waals surface area contributed by atoms with Crippen LogP contribution in [0.1, 0.15) is 41.9 Å². The molecule has 1 aromatic heterocycles. The molecule has 0 aliphatic rings. The number of hydrogen-bond acceptors (Lipinski definition) is 2. The van der Waals surface area contributed by atoms with Crippen LogP contribution in [-0.4, -0.2) is 17.4 Å². The lowest BCUT2D eigenvalue weighted by atomic mass is 10.1. The first-order valence-electron chi connectivity index (χ1n) is 5.72. The maximum Gasteiger partial charge on any atom is 0.251 e. The monoisotopic (exact) mass is 220 g/mol. The molecule has 0 radical (unpaired) electrons. The van der Waals surface area contributed by atoms with Gasteiger partial charge in [0.1, 0.15) is 0 Å². The fourth-order valence-corrected chi connectivity index (χ4v) is 1.46. The molecule has 0 aliphatic carbocycles. The first-order valence-corrected chi connectivity index (χ1v) is 5.72. The van der Waals surface area contributed by atoms with Crippen molar-refractivity contribution in [2.24, 2.45) is 5.92 Å². The quantitative estimate of drug-likeness (QED) is 0.847. The summed E-state index contributed by atoms with van der Waals surface area (Å²) in [6.07, 6.45) is 2.69. The van der Waals surface area contributed by atoms with Gasteiger partial charge in [0.05, 0.1) is 0 Å². The Morgan fingerprint density at radius 3 is 2.75 bits per heavy atom. The van der Waals surface area contributed by atoms with Gasteiger partial charge in [0.2, 0.25) is 0 Å². The molecular formula is C13H20N2O. The molecule has 1 aromatic rings. The van der Waals surface area contributed by atoms with Crippen LogP contribution < -0.4 is 5.32 Å². The van der Waals surface area contributed by atoms with Gasteiger partial charge in [-0.1, -0.05) is 13.8 Å². The van der Waals surface area contributed by atoms with E-state index in [4.69, 9.17) is 0 Å². The Morgan fingerprint density at radius 2 is 2.12 bits per heavy atom. The van der Waals surface area contributed by atoms with E-state index in [9.17, 15) is 4.79 Å². The Balaban J connectivity index is 2.63. The summed E-state index contributed by atoms with van der Waals surface area (Å²) in [4.78, 5) is 16.0. The molecule has 3 heteroatoms. The molecule has 88 valence electrons. The molecule has 1 rings (SSSR count). The summed E-state index contributed by atoms with van der Waals surface area (Å²) in [5, 5.41) is 2.93. The second kappa shape index (κ2) is 5.64. The highest BCUT2D eigenvalue weighted by atomic mass is 16.1. The number of aromatic nitrogens is 1. The SMILES string of the molecule is Cc1nccc(C(=O)NCCC(C)C)c1C. The highest BCUT2D eigenvalue weighted by Crippen LogP contribution is 2.09. The number of rotatable bonds is 4. The number of hydrogen-bond donors (Lipinski definition) is 1. The maximum absolute atomic E-state index is 11.9. The summed E-state index contributed by atoms with van der Waals surface area (Å²) in [7, 11) is 0. The van der Waals surface area contributed by atoms with Gasteiger partial charge in [-0.15, -0.1) is 0 Å². The highest BCUT2D eigenvalue weighted by molar-refractivity contribution is 5.95. The second-order valence-corrected chi connectivity index (χ2v) is 4.51. The van der Waals surface area contributed by atoms with Crippen LogP contribution in [-0.2, 0) is 0 Å². The van der Waals surface area contributed by atoms with E-state index >= 15 is 0 Å². The van der Waals surface area contributed by atoms with Crippen LogP contribution in [0.2, 0.25) is 0 Å². The number of amides is 1. The van der Waals surface area contributed by atoms with E-state index in [0.29, 0.717) is 5.92 Å². The largest absolute Gasteiger partial charge is 0.352 e. The molecule has 1 N–H and O–H groups in total. The molecule has 0 aliphatic heterocycles. The van der Waals surface area contributed by atoms with E-state index in [1.807, 2.05) is 13.8 Å². The standard InChI is InChI=1S/C13H20N2O/c1-9(2)5-7-15-13(16)12-6-8-14-11(4)10(12)3/h6,8-9H,5,7H2,1-4H3,(H,15,16). The summed E-state index contributed by atoms with van der Waals surface area (Å²) in [5.74, 6) is 0.615. The van der Waals surface area contributed by atoms with Crippen molar-refractivity contribution in [3.05, 3.63) is 29.1 Å². The summed E-state index contributed by atoms with van der Waals surface area (Å²) < 4.78 is 0. The van der Waals surface area contributed by atoms with Gasteiger partial charge in [-0.2, -0.15) is 0 Å². The van der Waals surface area contributed by atoms with Crippen LogP contribution in [0.3, 0.4) is 0 Å². The third kappa shape index (κ3) is 3.33. The molecule has 0 unspecified atom stereocenters. The van der Waals surface area contributed by atoms with Crippen molar-refractivity contribution in [2.75, 3.05) is 6.54 Å². The lowest BCUT2D eigenvalue weighted by Crippen LogP contribution is -2.26. The number of nitrogens with zero attached hydrogens (tertiary/aromatic N) is 1. The average molecular weight is 220 g/mol. The average Bonchev–Trinajstić information content (AvgIpc) is 2.21. The number of pyridine rings is 1. The van der Waals surface area contributed by atoms with Crippen LogP contribution in [0.15, 0.2) is 12.3 Å². The zero-order valence-corrected chi connectivity index (χ0v) is 10.5. The minimum absolute atomic E-state index is 0.00338. The van der Waals surface area contributed by atoms with Gasteiger partial charge in [-0.3, -0.25) is 9.78 Å². The minimum atomic E-state index is 0.00338. The Hall–Kier alpha value is -1.38. The van der Waals surface area contributed by atoms with Gasteiger partial charge in [0.25, 0.3) is 5.91 Å². The van der Waals surface area contributed by atoms with Gasteiger partial charge < -0.3 is 5.32 Å². The van der Waals surface area contributed by atoms with Crippen molar-refractivity contribution in [1.82, 2.24) is 10.3 Å². The molecule has 0 saturated heterocycles. The number of carbonyl (C=O) groups excluding carboxylic acids is 1. The van der Waals surface area contributed by atoms with E-state index in [-0.39, 0.29) is 5.91 Å². The molecular weight excluding hydrogens is 200 g/mol. The van der Waals surface area contributed by atoms with Crippen molar-refractivity contribution < 1.29 is 4.79 Å². The summed E-state index contributed by atoms with van der Waals surface area (Å²) in [5.41, 5.74) is 2.61. The first-order chi connectivity index (χ1) is 7.52. The van der Waals surface area contributed by atoms with E-state index < -0.39 is 0 Å². The zero-order valence-electron chi connectivity index (χ0n) is 10.5. The third-order valence-electron chi connectivity index (χ3n) is 2.71. The van der Waals surface area contributed by atoms with E-state index in [1.165, 1.54) is 0 Å². The van der Waals surface area contributed by atoms with Gasteiger partial charge >= 0.3 is 0 Å². The molecule has 0 atom stereocenters. The summed E-state index contributed by atoms with van der Waals surface area (Å²) >= 11 is 0. The van der Waals surface area contributed by atoms with Crippen molar-refractivity contribution in [1.29, 1.82) is 0 Å². The minimum Gasteiger partial charge on any atom is -0.352 e. The van der Waals surface area contributed by atoms with Crippen molar-refractivity contribution in [3.63, 3.8) is 0 Å². The molecule has 0 bridgehead atoms. The fourth-order valence-electron chi connectivity index (χ4n) is 1.46. The summed E-state index contributed by atoms with van der Waals surface area (Å²) in [6.45, 7) is 8.87. The number of carbonyl (C=O) groups is 1. The van der Waals surface area contributed by atoms with Crippen LogP contribution in [0.25, 0.3) is 0 Å². The van der Waals surface area contributed by atoms with Crippen LogP contribution in [0, 0.1) is 19.8 Å². The van der Waals surface area contributed by atoms with E-state index in [0.717, 1.165) is 29.8 Å². The second-order valence-electron chi connectivity index (χ2n) is 4.51. The Labute approximate surface area is 97.3 Å². The Morgan fingerprint density at radius 1 is 1.44 bits per heavy atom. The van der Waals surface area contributed by atoms with Gasteiger partial charge in [0.15, 0.2) is 0 Å². The van der Waals surface area contributed by atoms with Crippen LogP contribution in [0.4, 0.5) is 0 Å². The smallest absolute Gasteiger partial charge is 0.251 e. The zero-order chi connectivity index (χ0) is 12.1. The van der Waals surface area contributed by atoms with Gasteiger partial charge in [-0.25, -0.2) is 0 Å². The highest BCUT2D eigenvalue weighted by Gasteiger charge is 2.09. The number of aryl methyl sites for hydroxylation is 1. The normalized spacial score (nSPS) is 10.6. The molecule has 16 heavy (non-hydrogen) atoms. The molecule has 1 amide bonds. The molecule has 1 heterocycles. The summed E-state index contributed by atoms with van der Waals surface area (Å²) in [6, 6.07) is 1.77. The lowest BCUT2D eigenvalue weighted by Gasteiger charge is -2.09. The molecule has 0 spiro atoms. The van der Waals surface area contributed by atoms with Crippen LogP contribution >= 0.6 is 0 Å². The van der Waals surface area contributed by atoms with E-state index in [1.54, 1.807) is 12.3 Å². The van der Waals surface area contributed by atoms with Crippen molar-refractivity contribution in [3.8, 4) is 0 Å². The Bertz CT molecular complexity index is 372. The molecule has 3 nitrogen and oxygen atoms in total. The number of nitrogens with one attached hydrogen (secondary N) is 1. The topological polar surface area (TPSA) is 42.0 Å². The maximum atomic E-state index is 11.9. The fraction of sp³-hybridized carbons (Fsp3) is 0.538.